The molecule has 2 N–H and O–H groups in total. The number of aliphatic hydroxyl groups is 1. The zero-order chi connectivity index (χ0) is 11.1. The molecule has 0 aromatic heterocycles. The molecule has 0 saturated carbocycles. The van der Waals surface area contributed by atoms with Gasteiger partial charge in [0.1, 0.15) is 0 Å². The molecule has 0 radical (unpaired) electrons. The molecule has 4 heteroatoms. The summed E-state index contributed by atoms with van der Waals surface area (Å²) in [6.07, 6.45) is 1.98. The number of aliphatic carboxylic acids is 1. The number of hydrogen-bond acceptors (Lipinski definition) is 3. The zero-order valence-electron chi connectivity index (χ0n) is 9.03. The molecule has 0 spiro atoms. The Bertz CT molecular complexity index is 209. The average Bonchev–Trinajstić information content (AvgIpc) is 2.00. The third-order valence-electron chi connectivity index (χ3n) is 1.76. The van der Waals surface area contributed by atoms with Crippen molar-refractivity contribution in [3.05, 3.63) is 11.6 Å². The smallest absolute Gasteiger partial charge is 0.331 e. The molecule has 0 bridgehead atoms. The molecule has 4 nitrogen and oxygen atoms in total. The van der Waals surface area contributed by atoms with Crippen molar-refractivity contribution in [3.8, 4) is 0 Å². The first-order valence-electron chi connectivity index (χ1n) is 4.68. The molecule has 0 saturated heterocycles. The van der Waals surface area contributed by atoms with Gasteiger partial charge in [-0.05, 0) is 27.4 Å². The van der Waals surface area contributed by atoms with Crippen molar-refractivity contribution in [1.82, 2.24) is 4.90 Å². The summed E-state index contributed by atoms with van der Waals surface area (Å²) in [5, 5.41) is 17.9. The second-order valence-electron chi connectivity index (χ2n) is 3.68. The summed E-state index contributed by atoms with van der Waals surface area (Å²) in [4.78, 5) is 12.7. The van der Waals surface area contributed by atoms with Crippen molar-refractivity contribution in [2.75, 3.05) is 20.6 Å². The third-order valence-corrected chi connectivity index (χ3v) is 1.76. The minimum Gasteiger partial charge on any atom is -0.478 e. The van der Waals surface area contributed by atoms with Gasteiger partial charge < -0.3 is 15.1 Å². The predicted molar refractivity (Wildman–Crippen MR) is 55.2 cm³/mol. The van der Waals surface area contributed by atoms with Crippen molar-refractivity contribution >= 4 is 5.97 Å². The highest BCUT2D eigenvalue weighted by molar-refractivity contribution is 5.86. The second-order valence-corrected chi connectivity index (χ2v) is 3.68. The van der Waals surface area contributed by atoms with Gasteiger partial charge >= 0.3 is 5.97 Å². The van der Waals surface area contributed by atoms with Crippen LogP contribution in [0.3, 0.4) is 0 Å². The van der Waals surface area contributed by atoms with Crippen LogP contribution in [0.25, 0.3) is 0 Å². The average molecular weight is 201 g/mol. The molecule has 0 aliphatic heterocycles. The van der Waals surface area contributed by atoms with E-state index >= 15 is 0 Å². The lowest BCUT2D eigenvalue weighted by Gasteiger charge is -2.08. The number of carboxylic acid groups (broad SMARTS) is 1. The van der Waals surface area contributed by atoms with E-state index in [-0.39, 0.29) is 6.42 Å². The van der Waals surface area contributed by atoms with E-state index in [0.717, 1.165) is 6.54 Å². The minimum absolute atomic E-state index is 0.211. The van der Waals surface area contributed by atoms with Crippen LogP contribution in [-0.2, 0) is 4.79 Å². The normalized spacial score (nSPS) is 14.5. The molecule has 1 unspecified atom stereocenters. The fraction of sp³-hybridized carbons (Fsp3) is 0.700. The fourth-order valence-electron chi connectivity index (χ4n) is 1.07. The van der Waals surface area contributed by atoms with Crippen LogP contribution in [0.1, 0.15) is 19.8 Å². The third kappa shape index (κ3) is 6.62. The van der Waals surface area contributed by atoms with E-state index in [2.05, 4.69) is 0 Å². The largest absolute Gasteiger partial charge is 0.478 e. The molecule has 1 atom stereocenters. The molecular weight excluding hydrogens is 182 g/mol. The van der Waals surface area contributed by atoms with Crippen molar-refractivity contribution in [1.29, 1.82) is 0 Å². The summed E-state index contributed by atoms with van der Waals surface area (Å²) in [6, 6.07) is 0. The summed E-state index contributed by atoms with van der Waals surface area (Å²) in [6.45, 7) is 2.40. The molecule has 0 amide bonds. The van der Waals surface area contributed by atoms with Crippen LogP contribution in [0, 0.1) is 0 Å². The van der Waals surface area contributed by atoms with Crippen LogP contribution >= 0.6 is 0 Å². The van der Waals surface area contributed by atoms with Crippen molar-refractivity contribution in [2.24, 2.45) is 0 Å². The van der Waals surface area contributed by atoms with Crippen molar-refractivity contribution in [2.45, 2.75) is 25.9 Å². The summed E-state index contributed by atoms with van der Waals surface area (Å²) >= 11 is 0. The molecule has 0 aliphatic rings. The van der Waals surface area contributed by atoms with Crippen LogP contribution in [0.5, 0.6) is 0 Å². The molecule has 0 aromatic carbocycles. The van der Waals surface area contributed by atoms with Crippen LogP contribution in [0.15, 0.2) is 11.6 Å². The molecule has 0 aliphatic carbocycles. The predicted octanol–water partition coefficient (Wildman–Crippen LogP) is 0.720. The molecule has 0 rings (SSSR count). The van der Waals surface area contributed by atoms with Gasteiger partial charge in [0.2, 0.25) is 0 Å². The van der Waals surface area contributed by atoms with Gasteiger partial charge in [0.05, 0.1) is 6.10 Å². The molecule has 82 valence electrons. The van der Waals surface area contributed by atoms with Crippen molar-refractivity contribution in [3.63, 3.8) is 0 Å². The summed E-state index contributed by atoms with van der Waals surface area (Å²) < 4.78 is 0. The van der Waals surface area contributed by atoms with Gasteiger partial charge in [-0.3, -0.25) is 0 Å². The maximum Gasteiger partial charge on any atom is 0.331 e. The van der Waals surface area contributed by atoms with E-state index in [9.17, 15) is 4.79 Å². The van der Waals surface area contributed by atoms with Crippen molar-refractivity contribution < 1.29 is 15.0 Å². The highest BCUT2D eigenvalue weighted by atomic mass is 16.4. The van der Waals surface area contributed by atoms with E-state index in [1.165, 1.54) is 0 Å². The lowest BCUT2D eigenvalue weighted by atomic mass is 10.1. The summed E-state index contributed by atoms with van der Waals surface area (Å²) in [5.74, 6) is -0.940. The molecule has 14 heavy (non-hydrogen) atoms. The summed E-state index contributed by atoms with van der Waals surface area (Å²) in [5.41, 5.74) is 0.293. The van der Waals surface area contributed by atoms with E-state index < -0.39 is 12.1 Å². The second kappa shape index (κ2) is 6.56. The first-order valence-corrected chi connectivity index (χ1v) is 4.68. The first kappa shape index (κ1) is 13.1. The number of carboxylic acids is 1. The topological polar surface area (TPSA) is 60.8 Å². The Kier molecular flexibility index (Phi) is 6.16. The fourth-order valence-corrected chi connectivity index (χ4v) is 1.07. The van der Waals surface area contributed by atoms with Gasteiger partial charge in [0, 0.05) is 18.5 Å². The van der Waals surface area contributed by atoms with E-state index in [1.807, 2.05) is 19.0 Å². The number of aliphatic hydroxyl groups excluding tert-OH is 1. The maximum absolute atomic E-state index is 10.7. The maximum atomic E-state index is 10.7. The van der Waals surface area contributed by atoms with E-state index in [0.29, 0.717) is 12.0 Å². The highest BCUT2D eigenvalue weighted by Crippen LogP contribution is 2.07. The van der Waals surface area contributed by atoms with Crippen LogP contribution in [0.2, 0.25) is 0 Å². The monoisotopic (exact) mass is 201 g/mol. The molecule has 0 aromatic rings. The van der Waals surface area contributed by atoms with E-state index in [1.54, 1.807) is 13.0 Å². The van der Waals surface area contributed by atoms with Gasteiger partial charge in [-0.25, -0.2) is 4.79 Å². The quantitative estimate of drug-likeness (QED) is 0.622. The van der Waals surface area contributed by atoms with Gasteiger partial charge in [-0.2, -0.15) is 0 Å². The Hall–Kier alpha value is -0.870. The van der Waals surface area contributed by atoms with Gasteiger partial charge in [-0.15, -0.1) is 0 Å². The lowest BCUT2D eigenvalue weighted by Crippen LogP contribution is -2.13. The Morgan fingerprint density at radius 3 is 2.43 bits per heavy atom. The number of nitrogens with zero attached hydrogens (tertiary/aromatic N) is 1. The first-order chi connectivity index (χ1) is 6.43. The van der Waals surface area contributed by atoms with Gasteiger partial charge in [-0.1, -0.05) is 6.08 Å². The Morgan fingerprint density at radius 1 is 1.50 bits per heavy atom. The Balaban J connectivity index is 4.12. The van der Waals surface area contributed by atoms with E-state index in [4.69, 9.17) is 10.2 Å². The van der Waals surface area contributed by atoms with Gasteiger partial charge in [0.25, 0.3) is 0 Å². The number of carbonyl (C=O) groups is 1. The highest BCUT2D eigenvalue weighted by Gasteiger charge is 2.09. The van der Waals surface area contributed by atoms with Gasteiger partial charge in [0.15, 0.2) is 0 Å². The Morgan fingerprint density at radius 2 is 2.07 bits per heavy atom. The van der Waals surface area contributed by atoms with Crippen LogP contribution < -0.4 is 0 Å². The number of rotatable bonds is 6. The lowest BCUT2D eigenvalue weighted by molar-refractivity contribution is -0.133. The number of hydrogen-bond donors (Lipinski definition) is 2. The Labute approximate surface area is 84.8 Å². The molecular formula is C10H19NO3. The van der Waals surface area contributed by atoms with Crippen LogP contribution in [-0.4, -0.2) is 47.8 Å². The zero-order valence-corrected chi connectivity index (χ0v) is 9.03. The molecule has 0 heterocycles. The SMILES string of the molecule is CC(O)CC(=CCCN(C)C)C(=O)O. The molecule has 0 fully saturated rings. The van der Waals surface area contributed by atoms with Crippen LogP contribution in [0.4, 0.5) is 0 Å². The summed E-state index contributed by atoms with van der Waals surface area (Å²) in [7, 11) is 3.87. The minimum atomic E-state index is -0.940. The standard InChI is InChI=1S/C10H19NO3/c1-8(12)7-9(10(13)14)5-4-6-11(2)3/h5,8,12H,4,6-7H2,1-3H3,(H,13,14).